The maximum atomic E-state index is 13.6. The summed E-state index contributed by atoms with van der Waals surface area (Å²) in [5.74, 6) is 5.04. The van der Waals surface area contributed by atoms with Gasteiger partial charge in [0.2, 0.25) is 0 Å². The summed E-state index contributed by atoms with van der Waals surface area (Å²) in [4.78, 5) is 11.4. The number of anilines is 1. The predicted molar refractivity (Wildman–Crippen MR) is 78.5 cm³/mol. The van der Waals surface area contributed by atoms with Crippen molar-refractivity contribution in [3.8, 4) is 17.6 Å². The summed E-state index contributed by atoms with van der Waals surface area (Å²) in [5.41, 5.74) is 5.34. The van der Waals surface area contributed by atoms with Gasteiger partial charge in [0.25, 0.3) is 0 Å². The first-order valence-corrected chi connectivity index (χ1v) is 6.31. The molecule has 1 aromatic carbocycles. The van der Waals surface area contributed by atoms with Crippen LogP contribution in [0.4, 0.5) is 14.9 Å². The lowest BCUT2D eigenvalue weighted by Gasteiger charge is -2.19. The third-order valence-corrected chi connectivity index (χ3v) is 2.26. The van der Waals surface area contributed by atoms with Gasteiger partial charge in [-0.2, -0.15) is 0 Å². The van der Waals surface area contributed by atoms with E-state index in [1.807, 2.05) is 0 Å². The van der Waals surface area contributed by atoms with E-state index in [1.165, 1.54) is 13.2 Å². The van der Waals surface area contributed by atoms with Crippen LogP contribution in [0.5, 0.6) is 5.75 Å². The topological polar surface area (TPSA) is 73.6 Å². The smallest absolute Gasteiger partial charge is 0.408 e. The molecule has 21 heavy (non-hydrogen) atoms. The summed E-state index contributed by atoms with van der Waals surface area (Å²) in [6, 6.07) is 2.55. The molecule has 0 radical (unpaired) electrons. The Bertz CT molecular complexity index is 583. The molecule has 0 heterocycles. The fourth-order valence-electron chi connectivity index (χ4n) is 1.41. The average molecular weight is 294 g/mol. The molecule has 0 aliphatic rings. The highest BCUT2D eigenvalue weighted by Crippen LogP contribution is 2.24. The molecule has 0 bridgehead atoms. The SMILES string of the molecule is COc1cc(C#CCNC(=O)OC(C)(C)C)c(F)cc1N. The molecule has 0 aliphatic heterocycles. The Morgan fingerprint density at radius 3 is 2.67 bits per heavy atom. The Morgan fingerprint density at radius 1 is 1.43 bits per heavy atom. The highest BCUT2D eigenvalue weighted by Gasteiger charge is 2.15. The average Bonchev–Trinajstić information content (AvgIpc) is 2.34. The number of ether oxygens (including phenoxy) is 2. The first-order valence-electron chi connectivity index (χ1n) is 6.31. The van der Waals surface area contributed by atoms with E-state index in [2.05, 4.69) is 17.2 Å². The predicted octanol–water partition coefficient (Wildman–Crippen LogP) is 2.29. The molecule has 1 amide bonds. The maximum Gasteiger partial charge on any atom is 0.408 e. The fourth-order valence-corrected chi connectivity index (χ4v) is 1.41. The molecule has 0 saturated heterocycles. The van der Waals surface area contributed by atoms with Crippen molar-refractivity contribution in [2.75, 3.05) is 19.4 Å². The highest BCUT2D eigenvalue weighted by atomic mass is 19.1. The Labute approximate surface area is 123 Å². The molecule has 0 aliphatic carbocycles. The van der Waals surface area contributed by atoms with Crippen molar-refractivity contribution in [2.24, 2.45) is 0 Å². The molecule has 6 heteroatoms. The second-order valence-electron chi connectivity index (χ2n) is 5.23. The third-order valence-electron chi connectivity index (χ3n) is 2.26. The molecule has 5 nitrogen and oxygen atoms in total. The molecule has 1 rings (SSSR count). The lowest BCUT2D eigenvalue weighted by Crippen LogP contribution is -2.32. The van der Waals surface area contributed by atoms with Crippen LogP contribution in [-0.2, 0) is 4.74 Å². The van der Waals surface area contributed by atoms with Crippen molar-refractivity contribution >= 4 is 11.8 Å². The van der Waals surface area contributed by atoms with E-state index in [0.717, 1.165) is 6.07 Å². The summed E-state index contributed by atoms with van der Waals surface area (Å²) in [6.07, 6.45) is -0.577. The van der Waals surface area contributed by atoms with E-state index in [4.69, 9.17) is 15.2 Å². The number of benzene rings is 1. The van der Waals surface area contributed by atoms with Gasteiger partial charge in [0, 0.05) is 12.1 Å². The van der Waals surface area contributed by atoms with Gasteiger partial charge >= 0.3 is 6.09 Å². The number of hydrogen-bond acceptors (Lipinski definition) is 4. The van der Waals surface area contributed by atoms with E-state index in [9.17, 15) is 9.18 Å². The quantitative estimate of drug-likeness (QED) is 0.648. The van der Waals surface area contributed by atoms with Gasteiger partial charge in [-0.1, -0.05) is 11.8 Å². The number of carbonyl (C=O) groups is 1. The number of hydrogen-bond donors (Lipinski definition) is 2. The summed E-state index contributed by atoms with van der Waals surface area (Å²) in [7, 11) is 1.44. The number of halogens is 1. The molecule has 0 unspecified atom stereocenters. The number of rotatable bonds is 2. The van der Waals surface area contributed by atoms with E-state index in [1.54, 1.807) is 20.8 Å². The molecule has 3 N–H and O–H groups in total. The lowest BCUT2D eigenvalue weighted by atomic mass is 10.2. The summed E-state index contributed by atoms with van der Waals surface area (Å²) >= 11 is 0. The number of nitrogens with one attached hydrogen (secondary N) is 1. The monoisotopic (exact) mass is 294 g/mol. The second kappa shape index (κ2) is 6.84. The Hall–Kier alpha value is -2.42. The van der Waals surface area contributed by atoms with Crippen LogP contribution in [0.2, 0.25) is 0 Å². The van der Waals surface area contributed by atoms with Gasteiger partial charge in [-0.05, 0) is 20.8 Å². The van der Waals surface area contributed by atoms with Crippen LogP contribution in [0.3, 0.4) is 0 Å². The highest BCUT2D eigenvalue weighted by molar-refractivity contribution is 5.68. The van der Waals surface area contributed by atoms with Gasteiger partial charge in [0.05, 0.1) is 24.9 Å². The first-order chi connectivity index (χ1) is 9.73. The minimum absolute atomic E-state index is 0.0427. The van der Waals surface area contributed by atoms with Gasteiger partial charge in [-0.3, -0.25) is 0 Å². The van der Waals surface area contributed by atoms with Gasteiger partial charge in [-0.25, -0.2) is 9.18 Å². The second-order valence-corrected chi connectivity index (χ2v) is 5.23. The maximum absolute atomic E-state index is 13.6. The largest absolute Gasteiger partial charge is 0.495 e. The van der Waals surface area contributed by atoms with Crippen LogP contribution in [0.15, 0.2) is 12.1 Å². The normalized spacial score (nSPS) is 10.3. The van der Waals surface area contributed by atoms with Crippen LogP contribution >= 0.6 is 0 Å². The summed E-state index contributed by atoms with van der Waals surface area (Å²) in [5, 5.41) is 2.46. The number of carbonyl (C=O) groups excluding carboxylic acids is 1. The van der Waals surface area contributed by atoms with Crippen molar-refractivity contribution in [1.82, 2.24) is 5.32 Å². The van der Waals surface area contributed by atoms with Crippen molar-refractivity contribution in [3.63, 3.8) is 0 Å². The first kappa shape index (κ1) is 16.6. The van der Waals surface area contributed by atoms with Crippen molar-refractivity contribution < 1.29 is 18.7 Å². The number of amides is 1. The molecule has 0 saturated carbocycles. The summed E-state index contributed by atoms with van der Waals surface area (Å²) < 4.78 is 23.7. The van der Waals surface area contributed by atoms with Gasteiger partial charge in [-0.15, -0.1) is 0 Å². The van der Waals surface area contributed by atoms with Gasteiger partial charge < -0.3 is 20.5 Å². The Balaban J connectivity index is 2.66. The van der Waals surface area contributed by atoms with Crippen LogP contribution in [0, 0.1) is 17.7 Å². The van der Waals surface area contributed by atoms with E-state index < -0.39 is 17.5 Å². The van der Waals surface area contributed by atoms with Crippen LogP contribution in [0.1, 0.15) is 26.3 Å². The molecular weight excluding hydrogens is 275 g/mol. The molecule has 0 spiro atoms. The molecule has 0 fully saturated rings. The van der Waals surface area contributed by atoms with Crippen LogP contribution in [-0.4, -0.2) is 25.3 Å². The molecular formula is C15H19FN2O3. The van der Waals surface area contributed by atoms with Gasteiger partial charge in [0.1, 0.15) is 17.2 Å². The zero-order valence-electron chi connectivity index (χ0n) is 12.5. The Morgan fingerprint density at radius 2 is 2.10 bits per heavy atom. The Kier molecular flexibility index (Phi) is 5.42. The standard InChI is InChI=1S/C15H19FN2O3/c1-15(2,3)21-14(19)18-7-5-6-10-8-13(20-4)12(17)9-11(10)16/h8-9H,7,17H2,1-4H3,(H,18,19). The number of methoxy groups -OCH3 is 1. The lowest BCUT2D eigenvalue weighted by molar-refractivity contribution is 0.0535. The zero-order chi connectivity index (χ0) is 16.0. The van der Waals surface area contributed by atoms with Crippen molar-refractivity contribution in [1.29, 1.82) is 0 Å². The molecule has 1 aromatic rings. The third kappa shape index (κ3) is 5.61. The van der Waals surface area contributed by atoms with E-state index >= 15 is 0 Å². The van der Waals surface area contributed by atoms with Crippen molar-refractivity contribution in [2.45, 2.75) is 26.4 Å². The molecule has 114 valence electrons. The van der Waals surface area contributed by atoms with E-state index in [-0.39, 0.29) is 17.8 Å². The van der Waals surface area contributed by atoms with Crippen LogP contribution in [0.25, 0.3) is 0 Å². The molecule has 0 aromatic heterocycles. The number of nitrogens with two attached hydrogens (primary N) is 1. The zero-order valence-corrected chi connectivity index (χ0v) is 12.5. The minimum Gasteiger partial charge on any atom is -0.495 e. The van der Waals surface area contributed by atoms with Gasteiger partial charge in [0.15, 0.2) is 0 Å². The van der Waals surface area contributed by atoms with E-state index in [0.29, 0.717) is 5.75 Å². The number of nitrogen functional groups attached to an aromatic ring is 1. The molecule has 0 atom stereocenters. The van der Waals surface area contributed by atoms with Crippen LogP contribution < -0.4 is 15.8 Å². The fraction of sp³-hybridized carbons (Fsp3) is 0.400. The summed E-state index contributed by atoms with van der Waals surface area (Å²) in [6.45, 7) is 5.32. The number of alkyl carbamates (subject to hydrolysis) is 1. The minimum atomic E-state index is -0.577. The van der Waals surface area contributed by atoms with Crippen molar-refractivity contribution in [3.05, 3.63) is 23.5 Å².